The number of hydrogen-bond acceptors (Lipinski definition) is 6. The summed E-state index contributed by atoms with van der Waals surface area (Å²) in [5, 5.41) is 5.21. The highest BCUT2D eigenvalue weighted by molar-refractivity contribution is 6.13. The smallest absolute Gasteiger partial charge is 0.341 e. The molecule has 178 valence electrons. The first-order chi connectivity index (χ1) is 17.6. The molecule has 0 radical (unpaired) electrons. The van der Waals surface area contributed by atoms with Crippen molar-refractivity contribution in [1.82, 2.24) is 4.98 Å². The monoisotopic (exact) mass is 478 g/mol. The van der Waals surface area contributed by atoms with Gasteiger partial charge in [-0.25, -0.2) is 4.79 Å². The van der Waals surface area contributed by atoms with Crippen molar-refractivity contribution in [2.75, 3.05) is 19.5 Å². The standard InChI is InChI=1S/C29H22N2O5/c1-34-27-17-25-23(16-24(27)29(33)35-2)26(13-14-30-25)36-20-11-12-21-18(15-20)7-6-10-22(21)28(32)31-19-8-4-3-5-9-19/h3-17H,1-2H3,(H,31,32). The van der Waals surface area contributed by atoms with Gasteiger partial charge in [-0.3, -0.25) is 9.78 Å². The second-order valence-corrected chi connectivity index (χ2v) is 7.98. The van der Waals surface area contributed by atoms with Crippen molar-refractivity contribution >= 4 is 39.2 Å². The molecule has 0 spiro atoms. The van der Waals surface area contributed by atoms with Gasteiger partial charge in [0.2, 0.25) is 0 Å². The SMILES string of the molecule is COC(=O)c1cc2c(Oc3ccc4c(C(=O)Nc5ccccc5)cccc4c3)ccnc2cc1OC. The lowest BCUT2D eigenvalue weighted by Gasteiger charge is -2.13. The first-order valence-corrected chi connectivity index (χ1v) is 11.2. The molecular weight excluding hydrogens is 456 g/mol. The number of benzene rings is 4. The zero-order chi connectivity index (χ0) is 25.1. The van der Waals surface area contributed by atoms with Crippen molar-refractivity contribution in [3.63, 3.8) is 0 Å². The molecule has 1 aromatic heterocycles. The highest BCUT2D eigenvalue weighted by atomic mass is 16.5. The Morgan fingerprint density at radius 3 is 2.39 bits per heavy atom. The quantitative estimate of drug-likeness (QED) is 0.291. The highest BCUT2D eigenvalue weighted by Gasteiger charge is 2.17. The van der Waals surface area contributed by atoms with Crippen LogP contribution in [-0.4, -0.2) is 31.1 Å². The zero-order valence-electron chi connectivity index (χ0n) is 19.6. The van der Waals surface area contributed by atoms with Gasteiger partial charge in [0.15, 0.2) is 0 Å². The lowest BCUT2D eigenvalue weighted by molar-refractivity contribution is 0.0597. The maximum Gasteiger partial charge on any atom is 0.341 e. The highest BCUT2D eigenvalue weighted by Crippen LogP contribution is 2.35. The number of amides is 1. The van der Waals surface area contributed by atoms with E-state index >= 15 is 0 Å². The Hall–Kier alpha value is -4.91. The summed E-state index contributed by atoms with van der Waals surface area (Å²) >= 11 is 0. The molecule has 0 unspecified atom stereocenters. The topological polar surface area (TPSA) is 86.8 Å². The van der Waals surface area contributed by atoms with Gasteiger partial charge in [0.05, 0.1) is 19.7 Å². The largest absolute Gasteiger partial charge is 0.496 e. The third kappa shape index (κ3) is 4.42. The number of rotatable bonds is 6. The van der Waals surface area contributed by atoms with Crippen molar-refractivity contribution in [3.8, 4) is 17.2 Å². The molecule has 0 saturated carbocycles. The van der Waals surface area contributed by atoms with Crippen LogP contribution in [0, 0.1) is 0 Å². The number of ether oxygens (including phenoxy) is 3. The van der Waals surface area contributed by atoms with Crippen LogP contribution in [0.1, 0.15) is 20.7 Å². The summed E-state index contributed by atoms with van der Waals surface area (Å²) in [7, 11) is 2.80. The van der Waals surface area contributed by atoms with Gasteiger partial charge in [0.25, 0.3) is 5.91 Å². The van der Waals surface area contributed by atoms with Gasteiger partial charge in [-0.2, -0.15) is 0 Å². The number of fused-ring (bicyclic) bond motifs is 2. The fraction of sp³-hybridized carbons (Fsp3) is 0.0690. The Morgan fingerprint density at radius 2 is 1.61 bits per heavy atom. The Balaban J connectivity index is 1.49. The summed E-state index contributed by atoms with van der Waals surface area (Å²) < 4.78 is 16.4. The number of hydrogen-bond donors (Lipinski definition) is 1. The fourth-order valence-electron chi connectivity index (χ4n) is 4.05. The van der Waals surface area contributed by atoms with E-state index in [0.717, 1.165) is 16.5 Å². The summed E-state index contributed by atoms with van der Waals surface area (Å²) in [5.74, 6) is 0.752. The van der Waals surface area contributed by atoms with Crippen LogP contribution < -0.4 is 14.8 Å². The number of carbonyl (C=O) groups is 2. The van der Waals surface area contributed by atoms with Crippen molar-refractivity contribution in [2.24, 2.45) is 0 Å². The average Bonchev–Trinajstić information content (AvgIpc) is 2.92. The van der Waals surface area contributed by atoms with Gasteiger partial charge in [-0.05, 0) is 59.3 Å². The summed E-state index contributed by atoms with van der Waals surface area (Å²) in [4.78, 5) is 29.6. The molecule has 0 aliphatic heterocycles. The Morgan fingerprint density at radius 1 is 0.778 bits per heavy atom. The summed E-state index contributed by atoms with van der Waals surface area (Å²) in [6.07, 6.45) is 1.63. The Bertz CT molecular complexity index is 1600. The fourth-order valence-corrected chi connectivity index (χ4v) is 4.05. The lowest BCUT2D eigenvalue weighted by atomic mass is 10.0. The van der Waals surface area contributed by atoms with E-state index in [9.17, 15) is 9.59 Å². The van der Waals surface area contributed by atoms with Crippen LogP contribution in [-0.2, 0) is 4.74 Å². The normalized spacial score (nSPS) is 10.7. The summed E-state index contributed by atoms with van der Waals surface area (Å²) in [6.45, 7) is 0. The molecule has 0 bridgehead atoms. The molecule has 36 heavy (non-hydrogen) atoms. The number of nitrogens with one attached hydrogen (secondary N) is 1. The molecule has 4 aromatic carbocycles. The number of nitrogens with zero attached hydrogens (tertiary/aromatic N) is 1. The molecular formula is C29H22N2O5. The van der Waals surface area contributed by atoms with Gasteiger partial charge in [0, 0.05) is 28.9 Å². The zero-order valence-corrected chi connectivity index (χ0v) is 19.6. The first-order valence-electron chi connectivity index (χ1n) is 11.2. The second kappa shape index (κ2) is 9.76. The minimum absolute atomic E-state index is 0.190. The van der Waals surface area contributed by atoms with E-state index in [1.54, 1.807) is 36.5 Å². The molecule has 1 amide bonds. The molecule has 0 atom stereocenters. The van der Waals surface area contributed by atoms with Crippen molar-refractivity contribution < 1.29 is 23.8 Å². The van der Waals surface area contributed by atoms with Crippen LogP contribution in [0.4, 0.5) is 5.69 Å². The lowest BCUT2D eigenvalue weighted by Crippen LogP contribution is -2.12. The summed E-state index contributed by atoms with van der Waals surface area (Å²) in [5.41, 5.74) is 2.18. The third-order valence-electron chi connectivity index (χ3n) is 5.78. The predicted octanol–water partition coefficient (Wildman–Crippen LogP) is 6.23. The molecule has 5 aromatic rings. The number of anilines is 1. The molecule has 7 heteroatoms. The Kier molecular flexibility index (Phi) is 6.19. The van der Waals surface area contributed by atoms with Crippen LogP contribution in [0.3, 0.4) is 0 Å². The van der Waals surface area contributed by atoms with Crippen molar-refractivity contribution in [1.29, 1.82) is 0 Å². The number of para-hydroxylation sites is 1. The molecule has 7 nitrogen and oxygen atoms in total. The molecule has 1 N–H and O–H groups in total. The van der Waals surface area contributed by atoms with Crippen LogP contribution in [0.5, 0.6) is 17.2 Å². The number of esters is 1. The van der Waals surface area contributed by atoms with E-state index in [2.05, 4.69) is 10.3 Å². The molecule has 0 aliphatic carbocycles. The van der Waals surface area contributed by atoms with Crippen molar-refractivity contribution in [3.05, 3.63) is 102 Å². The molecule has 5 rings (SSSR count). The summed E-state index contributed by atoms with van der Waals surface area (Å²) in [6, 6.07) is 25.4. The van der Waals surface area contributed by atoms with Gasteiger partial charge in [0.1, 0.15) is 22.8 Å². The van der Waals surface area contributed by atoms with E-state index in [-0.39, 0.29) is 11.5 Å². The predicted molar refractivity (Wildman–Crippen MR) is 138 cm³/mol. The van der Waals surface area contributed by atoms with Gasteiger partial charge >= 0.3 is 5.97 Å². The van der Waals surface area contributed by atoms with Crippen LogP contribution >= 0.6 is 0 Å². The van der Waals surface area contributed by atoms with Crippen molar-refractivity contribution in [2.45, 2.75) is 0 Å². The van der Waals surface area contributed by atoms with Gasteiger partial charge < -0.3 is 19.5 Å². The molecule has 0 fully saturated rings. The first kappa shape index (κ1) is 22.9. The number of pyridine rings is 1. The molecule has 0 saturated heterocycles. The third-order valence-corrected chi connectivity index (χ3v) is 5.78. The van der Waals surface area contributed by atoms with Gasteiger partial charge in [-0.1, -0.05) is 30.3 Å². The molecule has 1 heterocycles. The van der Waals surface area contributed by atoms with Crippen LogP contribution in [0.25, 0.3) is 21.7 Å². The average molecular weight is 479 g/mol. The minimum atomic E-state index is -0.518. The van der Waals surface area contributed by atoms with E-state index in [1.165, 1.54) is 14.2 Å². The second-order valence-electron chi connectivity index (χ2n) is 7.98. The Labute approximate surface area is 207 Å². The maximum absolute atomic E-state index is 12.9. The van der Waals surface area contributed by atoms with E-state index in [4.69, 9.17) is 14.2 Å². The van der Waals surface area contributed by atoms with Crippen LogP contribution in [0.2, 0.25) is 0 Å². The van der Waals surface area contributed by atoms with Gasteiger partial charge in [-0.15, -0.1) is 0 Å². The maximum atomic E-state index is 12.9. The number of aromatic nitrogens is 1. The van der Waals surface area contributed by atoms with Crippen LogP contribution in [0.15, 0.2) is 91.1 Å². The molecule has 0 aliphatic rings. The van der Waals surface area contributed by atoms with E-state index in [1.807, 2.05) is 54.6 Å². The minimum Gasteiger partial charge on any atom is -0.496 e. The van der Waals surface area contributed by atoms with E-state index < -0.39 is 5.97 Å². The number of methoxy groups -OCH3 is 2. The van der Waals surface area contributed by atoms with E-state index in [0.29, 0.717) is 33.7 Å². The number of carbonyl (C=O) groups excluding carboxylic acids is 2.